The second-order valence-electron chi connectivity index (χ2n) is 3.25. The maximum atomic E-state index is 10.8. The molecule has 4 nitrogen and oxygen atoms in total. The first kappa shape index (κ1) is 7.06. The summed E-state index contributed by atoms with van der Waals surface area (Å²) >= 11 is 0. The molecule has 2 aliphatic heterocycles. The molecule has 2 saturated heterocycles. The van der Waals surface area contributed by atoms with E-state index in [1.165, 1.54) is 0 Å². The number of carbonyl (C=O) groups excluding carboxylic acids is 1. The van der Waals surface area contributed by atoms with E-state index in [0.717, 1.165) is 13.2 Å². The number of fused-ring (bicyclic) bond motifs is 1. The molecule has 2 aliphatic rings. The van der Waals surface area contributed by atoms with E-state index in [1.807, 2.05) is 0 Å². The second-order valence-corrected chi connectivity index (χ2v) is 3.25. The molecule has 4 heteroatoms. The molecule has 11 heavy (non-hydrogen) atoms. The Labute approximate surface area is 65.1 Å². The van der Waals surface area contributed by atoms with E-state index in [1.54, 1.807) is 0 Å². The van der Waals surface area contributed by atoms with Crippen LogP contribution in [0.15, 0.2) is 0 Å². The van der Waals surface area contributed by atoms with Gasteiger partial charge in [0.15, 0.2) is 0 Å². The summed E-state index contributed by atoms with van der Waals surface area (Å²) in [7, 11) is 0. The molecule has 3 atom stereocenters. The molecule has 0 radical (unpaired) electrons. The number of rotatable bonds is 1. The van der Waals surface area contributed by atoms with Crippen LogP contribution in [0.5, 0.6) is 0 Å². The van der Waals surface area contributed by atoms with Crippen molar-refractivity contribution in [2.45, 2.75) is 6.04 Å². The van der Waals surface area contributed by atoms with Crippen molar-refractivity contribution in [3.8, 4) is 0 Å². The predicted octanol–water partition coefficient (Wildman–Crippen LogP) is -1.29. The van der Waals surface area contributed by atoms with Gasteiger partial charge in [-0.25, -0.2) is 0 Å². The van der Waals surface area contributed by atoms with Crippen molar-refractivity contribution in [3.63, 3.8) is 0 Å². The van der Waals surface area contributed by atoms with Crippen molar-refractivity contribution in [2.75, 3.05) is 19.8 Å². The quantitative estimate of drug-likeness (QED) is 0.496. The minimum atomic E-state index is -0.247. The Morgan fingerprint density at radius 1 is 1.55 bits per heavy atom. The van der Waals surface area contributed by atoms with Gasteiger partial charge in [0.1, 0.15) is 0 Å². The van der Waals surface area contributed by atoms with Gasteiger partial charge in [-0.2, -0.15) is 0 Å². The molecule has 0 aromatic heterocycles. The van der Waals surface area contributed by atoms with Crippen LogP contribution in [0.2, 0.25) is 0 Å². The van der Waals surface area contributed by atoms with Crippen molar-refractivity contribution in [1.29, 1.82) is 0 Å². The first-order valence-electron chi connectivity index (χ1n) is 3.89. The molecule has 0 aromatic carbocycles. The van der Waals surface area contributed by atoms with Crippen LogP contribution in [0, 0.1) is 11.8 Å². The molecular formula is C7H12N2O2. The fourth-order valence-electron chi connectivity index (χ4n) is 1.94. The molecule has 2 heterocycles. The van der Waals surface area contributed by atoms with E-state index in [0.29, 0.717) is 18.4 Å². The summed E-state index contributed by atoms with van der Waals surface area (Å²) in [6.07, 6.45) is 0. The summed E-state index contributed by atoms with van der Waals surface area (Å²) in [6.45, 7) is 2.34. The number of hydrogen-bond acceptors (Lipinski definition) is 3. The molecule has 0 spiro atoms. The standard InChI is InChI=1S/C7H12N2O2/c8-7(10)6-5-3-11-2-4(5)1-9-6/h4-6,9H,1-3H2,(H2,8,10). The smallest absolute Gasteiger partial charge is 0.234 e. The van der Waals surface area contributed by atoms with Gasteiger partial charge in [-0.1, -0.05) is 0 Å². The molecule has 3 unspecified atom stereocenters. The van der Waals surface area contributed by atoms with E-state index in [-0.39, 0.29) is 11.9 Å². The normalized spacial score (nSPS) is 42.4. The number of nitrogens with one attached hydrogen (secondary N) is 1. The predicted molar refractivity (Wildman–Crippen MR) is 38.8 cm³/mol. The van der Waals surface area contributed by atoms with Gasteiger partial charge in [-0.15, -0.1) is 0 Å². The molecule has 3 N–H and O–H groups in total. The monoisotopic (exact) mass is 156 g/mol. The highest BCUT2D eigenvalue weighted by molar-refractivity contribution is 5.80. The average Bonchev–Trinajstić information content (AvgIpc) is 2.41. The third-order valence-corrected chi connectivity index (χ3v) is 2.58. The van der Waals surface area contributed by atoms with Crippen LogP contribution in [0.4, 0.5) is 0 Å². The van der Waals surface area contributed by atoms with Crippen LogP contribution in [-0.4, -0.2) is 31.7 Å². The lowest BCUT2D eigenvalue weighted by Gasteiger charge is -2.11. The van der Waals surface area contributed by atoms with Crippen LogP contribution >= 0.6 is 0 Å². The van der Waals surface area contributed by atoms with Crippen LogP contribution in [0.1, 0.15) is 0 Å². The Balaban J connectivity index is 2.08. The summed E-state index contributed by atoms with van der Waals surface area (Å²) in [5, 5.41) is 3.10. The first-order chi connectivity index (χ1) is 5.29. The second kappa shape index (κ2) is 2.46. The largest absolute Gasteiger partial charge is 0.381 e. The van der Waals surface area contributed by atoms with Gasteiger partial charge in [0.05, 0.1) is 19.3 Å². The van der Waals surface area contributed by atoms with E-state index < -0.39 is 0 Å². The topological polar surface area (TPSA) is 64.4 Å². The fourth-order valence-corrected chi connectivity index (χ4v) is 1.94. The number of hydrogen-bond donors (Lipinski definition) is 2. The summed E-state index contributed by atoms with van der Waals surface area (Å²) < 4.78 is 5.24. The average molecular weight is 156 g/mol. The van der Waals surface area contributed by atoms with Gasteiger partial charge in [0.25, 0.3) is 0 Å². The van der Waals surface area contributed by atoms with E-state index in [2.05, 4.69) is 5.32 Å². The highest BCUT2D eigenvalue weighted by Gasteiger charge is 2.42. The summed E-state index contributed by atoms with van der Waals surface area (Å²) in [4.78, 5) is 10.8. The fraction of sp³-hybridized carbons (Fsp3) is 0.857. The highest BCUT2D eigenvalue weighted by atomic mass is 16.5. The first-order valence-corrected chi connectivity index (χ1v) is 3.89. The number of amides is 1. The number of ether oxygens (including phenoxy) is 1. The van der Waals surface area contributed by atoms with Gasteiger partial charge in [0.2, 0.25) is 5.91 Å². The molecule has 2 fully saturated rings. The maximum Gasteiger partial charge on any atom is 0.234 e. The van der Waals surface area contributed by atoms with Crippen LogP contribution in [-0.2, 0) is 9.53 Å². The number of primary amides is 1. The Morgan fingerprint density at radius 2 is 2.36 bits per heavy atom. The molecule has 0 bridgehead atoms. The Bertz CT molecular complexity index is 183. The molecular weight excluding hydrogens is 144 g/mol. The highest BCUT2D eigenvalue weighted by Crippen LogP contribution is 2.28. The summed E-state index contributed by atoms with van der Waals surface area (Å²) in [5.74, 6) is 0.586. The molecule has 0 aromatic rings. The van der Waals surface area contributed by atoms with Crippen LogP contribution in [0.3, 0.4) is 0 Å². The van der Waals surface area contributed by atoms with E-state index in [4.69, 9.17) is 10.5 Å². The van der Waals surface area contributed by atoms with E-state index in [9.17, 15) is 4.79 Å². The Hall–Kier alpha value is -0.610. The van der Waals surface area contributed by atoms with Gasteiger partial charge in [-0.05, 0) is 0 Å². The number of carbonyl (C=O) groups is 1. The lowest BCUT2D eigenvalue weighted by Crippen LogP contribution is -2.41. The van der Waals surface area contributed by atoms with E-state index >= 15 is 0 Å². The van der Waals surface area contributed by atoms with Crippen molar-refractivity contribution < 1.29 is 9.53 Å². The van der Waals surface area contributed by atoms with Crippen molar-refractivity contribution in [3.05, 3.63) is 0 Å². The maximum absolute atomic E-state index is 10.8. The van der Waals surface area contributed by atoms with Gasteiger partial charge < -0.3 is 15.8 Å². The van der Waals surface area contributed by atoms with Crippen LogP contribution < -0.4 is 11.1 Å². The van der Waals surface area contributed by atoms with Crippen molar-refractivity contribution in [1.82, 2.24) is 5.32 Å². The molecule has 0 aliphatic carbocycles. The molecule has 1 amide bonds. The molecule has 62 valence electrons. The Kier molecular flexibility index (Phi) is 1.58. The van der Waals surface area contributed by atoms with Crippen LogP contribution in [0.25, 0.3) is 0 Å². The zero-order chi connectivity index (χ0) is 7.84. The lowest BCUT2D eigenvalue weighted by molar-refractivity contribution is -0.120. The van der Waals surface area contributed by atoms with Gasteiger partial charge >= 0.3 is 0 Å². The third kappa shape index (κ3) is 1.02. The lowest BCUT2D eigenvalue weighted by atomic mass is 9.94. The summed E-state index contributed by atoms with van der Waals surface area (Å²) in [5.41, 5.74) is 5.20. The van der Waals surface area contributed by atoms with Crippen molar-refractivity contribution >= 4 is 5.91 Å². The SMILES string of the molecule is NC(=O)C1NCC2COCC21. The zero-order valence-electron chi connectivity index (χ0n) is 6.25. The van der Waals surface area contributed by atoms with Gasteiger partial charge in [0, 0.05) is 18.4 Å². The molecule has 2 rings (SSSR count). The van der Waals surface area contributed by atoms with Gasteiger partial charge in [-0.3, -0.25) is 4.79 Å². The number of nitrogens with two attached hydrogens (primary N) is 1. The summed E-state index contributed by atoms with van der Waals surface area (Å²) in [6, 6.07) is -0.150. The molecule has 0 saturated carbocycles. The minimum absolute atomic E-state index is 0.150. The minimum Gasteiger partial charge on any atom is -0.381 e. The Morgan fingerprint density at radius 3 is 3.09 bits per heavy atom. The zero-order valence-corrected chi connectivity index (χ0v) is 6.25. The third-order valence-electron chi connectivity index (χ3n) is 2.58. The van der Waals surface area contributed by atoms with Crippen molar-refractivity contribution in [2.24, 2.45) is 17.6 Å².